The van der Waals surface area contributed by atoms with Gasteiger partial charge in [-0.2, -0.15) is 0 Å². The van der Waals surface area contributed by atoms with Crippen LogP contribution in [0, 0.1) is 0 Å². The van der Waals surface area contributed by atoms with Gasteiger partial charge in [0.25, 0.3) is 0 Å². The number of hydrazine groups is 1. The number of hydrogen-bond acceptors (Lipinski definition) is 4. The summed E-state index contributed by atoms with van der Waals surface area (Å²) >= 11 is 0. The first kappa shape index (κ1) is 13.5. The molecular formula is C15H20N4. The number of nitrogens with one attached hydrogen (secondary N) is 1. The van der Waals surface area contributed by atoms with E-state index in [9.17, 15) is 0 Å². The maximum absolute atomic E-state index is 5.45. The third-order valence-electron chi connectivity index (χ3n) is 2.96. The van der Waals surface area contributed by atoms with E-state index in [1.807, 2.05) is 12.1 Å². The monoisotopic (exact) mass is 256 g/mol. The molecule has 100 valence electrons. The normalized spacial score (nSPS) is 10.4. The molecule has 19 heavy (non-hydrogen) atoms. The average Bonchev–Trinajstić information content (AvgIpc) is 2.46. The van der Waals surface area contributed by atoms with E-state index in [0.717, 1.165) is 37.2 Å². The van der Waals surface area contributed by atoms with Crippen LogP contribution < -0.4 is 11.3 Å². The lowest BCUT2D eigenvalue weighted by atomic mass is 10.1. The summed E-state index contributed by atoms with van der Waals surface area (Å²) in [5.74, 6) is 7.00. The Labute approximate surface area is 114 Å². The molecule has 0 bridgehead atoms. The predicted octanol–water partition coefficient (Wildman–Crippen LogP) is 2.50. The first-order valence-corrected chi connectivity index (χ1v) is 6.69. The fourth-order valence-corrected chi connectivity index (χ4v) is 2.02. The number of rotatable bonds is 6. The Hall–Kier alpha value is -1.94. The topological polar surface area (TPSA) is 63.8 Å². The van der Waals surface area contributed by atoms with Crippen molar-refractivity contribution >= 4 is 5.82 Å². The predicted molar refractivity (Wildman–Crippen MR) is 77.7 cm³/mol. The van der Waals surface area contributed by atoms with Crippen molar-refractivity contribution < 1.29 is 0 Å². The van der Waals surface area contributed by atoms with Gasteiger partial charge in [0.05, 0.1) is 0 Å². The van der Waals surface area contributed by atoms with E-state index in [0.29, 0.717) is 5.82 Å². The van der Waals surface area contributed by atoms with Gasteiger partial charge in [-0.25, -0.2) is 15.8 Å². The van der Waals surface area contributed by atoms with Crippen LogP contribution in [0.1, 0.15) is 30.4 Å². The summed E-state index contributed by atoms with van der Waals surface area (Å²) in [6, 6.07) is 12.3. The highest BCUT2D eigenvalue weighted by Crippen LogP contribution is 2.10. The largest absolute Gasteiger partial charge is 0.308 e. The van der Waals surface area contributed by atoms with E-state index < -0.39 is 0 Å². The summed E-state index contributed by atoms with van der Waals surface area (Å²) in [6.45, 7) is 2.14. The molecule has 0 saturated carbocycles. The Morgan fingerprint density at radius 1 is 1.05 bits per heavy atom. The Morgan fingerprint density at radius 2 is 1.84 bits per heavy atom. The van der Waals surface area contributed by atoms with Crippen LogP contribution in [-0.4, -0.2) is 9.97 Å². The zero-order valence-corrected chi connectivity index (χ0v) is 11.3. The smallest absolute Gasteiger partial charge is 0.143 e. The molecule has 0 aliphatic carbocycles. The Balaban J connectivity index is 2.08. The van der Waals surface area contributed by atoms with Crippen LogP contribution in [0.3, 0.4) is 0 Å². The van der Waals surface area contributed by atoms with Crippen molar-refractivity contribution in [3.05, 3.63) is 53.5 Å². The number of aryl methyl sites for hydroxylation is 3. The molecule has 3 N–H and O–H groups in total. The van der Waals surface area contributed by atoms with Crippen LogP contribution in [0.5, 0.6) is 0 Å². The van der Waals surface area contributed by atoms with Crippen molar-refractivity contribution in [3.8, 4) is 0 Å². The summed E-state index contributed by atoms with van der Waals surface area (Å²) in [7, 11) is 0. The summed E-state index contributed by atoms with van der Waals surface area (Å²) in [6.07, 6.45) is 3.80. The van der Waals surface area contributed by atoms with Gasteiger partial charge in [-0.05, 0) is 18.4 Å². The molecule has 0 aliphatic heterocycles. The van der Waals surface area contributed by atoms with Crippen molar-refractivity contribution in [1.82, 2.24) is 9.97 Å². The van der Waals surface area contributed by atoms with Crippen LogP contribution in [0.15, 0.2) is 36.4 Å². The van der Waals surface area contributed by atoms with Crippen LogP contribution in [-0.2, 0) is 19.3 Å². The van der Waals surface area contributed by atoms with Gasteiger partial charge >= 0.3 is 0 Å². The van der Waals surface area contributed by atoms with Crippen LogP contribution in [0.2, 0.25) is 0 Å². The molecule has 0 spiro atoms. The summed E-state index contributed by atoms with van der Waals surface area (Å²) < 4.78 is 0. The molecule has 0 fully saturated rings. The molecule has 0 amide bonds. The van der Waals surface area contributed by atoms with Gasteiger partial charge in [-0.15, -0.1) is 0 Å². The van der Waals surface area contributed by atoms with E-state index in [4.69, 9.17) is 5.84 Å². The van der Waals surface area contributed by atoms with Gasteiger partial charge in [0, 0.05) is 18.2 Å². The molecule has 1 aromatic heterocycles. The van der Waals surface area contributed by atoms with E-state index >= 15 is 0 Å². The highest BCUT2D eigenvalue weighted by molar-refractivity contribution is 5.34. The zero-order chi connectivity index (χ0) is 13.5. The summed E-state index contributed by atoms with van der Waals surface area (Å²) in [4.78, 5) is 8.98. The molecule has 4 heteroatoms. The molecule has 2 rings (SSSR count). The second-order valence-electron chi connectivity index (χ2n) is 4.54. The highest BCUT2D eigenvalue weighted by atomic mass is 15.3. The van der Waals surface area contributed by atoms with E-state index in [-0.39, 0.29) is 0 Å². The first-order chi connectivity index (χ1) is 9.31. The van der Waals surface area contributed by atoms with E-state index in [1.54, 1.807) is 0 Å². The molecule has 0 unspecified atom stereocenters. The van der Waals surface area contributed by atoms with Gasteiger partial charge in [0.15, 0.2) is 0 Å². The Morgan fingerprint density at radius 3 is 2.53 bits per heavy atom. The standard InChI is InChI=1S/C15H20N4/c1-2-6-13-11-15(19-16)18-14(17-13)10-9-12-7-4-3-5-8-12/h3-5,7-8,11H,2,6,9-10,16H2,1H3,(H,17,18,19). The Bertz CT molecular complexity index is 511. The van der Waals surface area contributed by atoms with Crippen molar-refractivity contribution in [2.24, 2.45) is 5.84 Å². The molecular weight excluding hydrogens is 236 g/mol. The lowest BCUT2D eigenvalue weighted by Crippen LogP contribution is -2.12. The zero-order valence-electron chi connectivity index (χ0n) is 11.3. The van der Waals surface area contributed by atoms with Crippen molar-refractivity contribution in [3.63, 3.8) is 0 Å². The van der Waals surface area contributed by atoms with E-state index in [1.165, 1.54) is 5.56 Å². The number of nitrogens with two attached hydrogens (primary N) is 1. The fourth-order valence-electron chi connectivity index (χ4n) is 2.02. The molecule has 2 aromatic rings. The number of hydrogen-bond donors (Lipinski definition) is 2. The minimum atomic E-state index is 0.696. The summed E-state index contributed by atoms with van der Waals surface area (Å²) in [5, 5.41) is 0. The molecule has 0 aliphatic rings. The number of benzene rings is 1. The van der Waals surface area contributed by atoms with Gasteiger partial charge in [0.2, 0.25) is 0 Å². The number of aromatic nitrogens is 2. The molecule has 4 nitrogen and oxygen atoms in total. The van der Waals surface area contributed by atoms with Crippen molar-refractivity contribution in [1.29, 1.82) is 0 Å². The van der Waals surface area contributed by atoms with Gasteiger partial charge in [0.1, 0.15) is 11.6 Å². The highest BCUT2D eigenvalue weighted by Gasteiger charge is 2.04. The SMILES string of the molecule is CCCc1cc(NN)nc(CCc2ccccc2)n1. The maximum atomic E-state index is 5.45. The quantitative estimate of drug-likeness (QED) is 0.615. The lowest BCUT2D eigenvalue weighted by Gasteiger charge is -2.07. The average molecular weight is 256 g/mol. The number of anilines is 1. The second-order valence-corrected chi connectivity index (χ2v) is 4.54. The fraction of sp³-hybridized carbons (Fsp3) is 0.333. The van der Waals surface area contributed by atoms with Crippen LogP contribution in [0.25, 0.3) is 0 Å². The van der Waals surface area contributed by atoms with Gasteiger partial charge < -0.3 is 5.43 Å². The molecule has 0 radical (unpaired) electrons. The third-order valence-corrected chi connectivity index (χ3v) is 2.96. The number of nitrogens with zero attached hydrogens (tertiary/aromatic N) is 2. The summed E-state index contributed by atoms with van der Waals surface area (Å²) in [5.41, 5.74) is 4.96. The van der Waals surface area contributed by atoms with Gasteiger partial charge in [-0.1, -0.05) is 43.7 Å². The first-order valence-electron chi connectivity index (χ1n) is 6.69. The van der Waals surface area contributed by atoms with Gasteiger partial charge in [-0.3, -0.25) is 0 Å². The molecule has 1 heterocycles. The Kier molecular flexibility index (Phi) is 4.86. The lowest BCUT2D eigenvalue weighted by molar-refractivity contribution is 0.806. The minimum absolute atomic E-state index is 0.696. The minimum Gasteiger partial charge on any atom is -0.308 e. The molecule has 0 atom stereocenters. The molecule has 1 aromatic carbocycles. The maximum Gasteiger partial charge on any atom is 0.143 e. The molecule has 0 saturated heterocycles. The van der Waals surface area contributed by atoms with Crippen LogP contribution >= 0.6 is 0 Å². The van der Waals surface area contributed by atoms with E-state index in [2.05, 4.69) is 46.6 Å². The number of nitrogen functional groups attached to an aromatic ring is 1. The van der Waals surface area contributed by atoms with Crippen LogP contribution in [0.4, 0.5) is 5.82 Å². The second kappa shape index (κ2) is 6.85. The van der Waals surface area contributed by atoms with Crippen molar-refractivity contribution in [2.75, 3.05) is 5.43 Å². The van der Waals surface area contributed by atoms with Crippen molar-refractivity contribution in [2.45, 2.75) is 32.6 Å². The third kappa shape index (κ3) is 4.03.